The van der Waals surface area contributed by atoms with Gasteiger partial charge in [-0.3, -0.25) is 14.5 Å². The first-order valence-corrected chi connectivity index (χ1v) is 11.7. The normalized spacial score (nSPS) is 18.5. The third-order valence-corrected chi connectivity index (χ3v) is 6.69. The van der Waals surface area contributed by atoms with Crippen LogP contribution >= 0.6 is 0 Å². The van der Waals surface area contributed by atoms with Crippen LogP contribution in [-0.4, -0.2) is 66.1 Å². The van der Waals surface area contributed by atoms with Crippen LogP contribution in [0.4, 0.5) is 8.78 Å². The molecule has 2 aromatic rings. The third-order valence-electron chi connectivity index (χ3n) is 6.69. The van der Waals surface area contributed by atoms with Gasteiger partial charge in [-0.1, -0.05) is 0 Å². The molecule has 0 radical (unpaired) electrons. The van der Waals surface area contributed by atoms with Crippen LogP contribution in [-0.2, 0) is 29.0 Å². The van der Waals surface area contributed by atoms with E-state index in [9.17, 15) is 23.2 Å². The van der Waals surface area contributed by atoms with Gasteiger partial charge in [0.2, 0.25) is 0 Å². The maximum atomic E-state index is 13.8. The number of halogens is 2. The summed E-state index contributed by atoms with van der Waals surface area (Å²) in [6, 6.07) is 4.01. The molecule has 1 fully saturated rings. The topological polar surface area (TPSA) is 81.1 Å². The molecule has 0 bridgehead atoms. The predicted octanol–water partition coefficient (Wildman–Crippen LogP) is 2.36. The highest BCUT2D eigenvalue weighted by molar-refractivity contribution is 6.00. The Balaban J connectivity index is 1.66. The minimum Gasteiger partial charge on any atom is -0.496 e. The molecule has 0 N–H and O–H groups in total. The number of benzene rings is 1. The van der Waals surface area contributed by atoms with E-state index < -0.39 is 23.6 Å². The number of amides is 1. The number of carbonyl (C=O) groups is 2. The lowest BCUT2D eigenvalue weighted by atomic mass is 9.99. The van der Waals surface area contributed by atoms with Crippen LogP contribution in [0, 0.1) is 11.6 Å². The molecule has 1 aromatic carbocycles. The van der Waals surface area contributed by atoms with Gasteiger partial charge in [-0.2, -0.15) is 0 Å². The Morgan fingerprint density at radius 3 is 2.43 bits per heavy atom. The van der Waals surface area contributed by atoms with E-state index in [0.29, 0.717) is 56.8 Å². The Bertz CT molecular complexity index is 1160. The second-order valence-electron chi connectivity index (χ2n) is 8.86. The van der Waals surface area contributed by atoms with Gasteiger partial charge in [-0.25, -0.2) is 13.6 Å². The first kappa shape index (κ1) is 24.8. The van der Waals surface area contributed by atoms with Crippen molar-refractivity contribution in [2.24, 2.45) is 0 Å². The zero-order valence-electron chi connectivity index (χ0n) is 19.9. The van der Waals surface area contributed by atoms with Gasteiger partial charge in [0.25, 0.3) is 11.5 Å². The monoisotopic (exact) mass is 489 g/mol. The van der Waals surface area contributed by atoms with E-state index in [-0.39, 0.29) is 22.8 Å². The average molecular weight is 490 g/mol. The fourth-order valence-corrected chi connectivity index (χ4v) is 5.00. The van der Waals surface area contributed by atoms with Crippen LogP contribution in [0.1, 0.15) is 40.9 Å². The standard InChI is InChI=1S/C25H29F2N3O5/c1-34-21-14-22(31)29-10-9-28(15-16-11-17(26)13-18(27)12-16)8-6-19(29)23(21)24(32)30-7-4-3-5-20(30)25(33)35-2/h11-14,20H,3-10,15H2,1-2H3. The molecule has 1 aromatic heterocycles. The molecule has 0 saturated carbocycles. The van der Waals surface area contributed by atoms with E-state index in [1.165, 1.54) is 37.3 Å². The minimum atomic E-state index is -0.691. The minimum absolute atomic E-state index is 0.168. The first-order valence-electron chi connectivity index (χ1n) is 11.7. The van der Waals surface area contributed by atoms with Gasteiger partial charge < -0.3 is 18.9 Å². The van der Waals surface area contributed by atoms with Crippen molar-refractivity contribution in [3.63, 3.8) is 0 Å². The van der Waals surface area contributed by atoms with E-state index >= 15 is 0 Å². The van der Waals surface area contributed by atoms with Gasteiger partial charge in [0.1, 0.15) is 29.0 Å². The van der Waals surface area contributed by atoms with Crippen molar-refractivity contribution in [1.82, 2.24) is 14.4 Å². The summed E-state index contributed by atoms with van der Waals surface area (Å²) >= 11 is 0. The van der Waals surface area contributed by atoms with Gasteiger partial charge in [0.15, 0.2) is 0 Å². The summed E-state index contributed by atoms with van der Waals surface area (Å²) in [5, 5.41) is 0. The Kier molecular flexibility index (Phi) is 7.49. The smallest absolute Gasteiger partial charge is 0.328 e. The summed E-state index contributed by atoms with van der Waals surface area (Å²) in [6.45, 7) is 1.92. The predicted molar refractivity (Wildman–Crippen MR) is 123 cm³/mol. The highest BCUT2D eigenvalue weighted by Crippen LogP contribution is 2.28. The highest BCUT2D eigenvalue weighted by atomic mass is 19.1. The van der Waals surface area contributed by atoms with Crippen molar-refractivity contribution in [3.8, 4) is 5.75 Å². The molecule has 2 aliphatic heterocycles. The van der Waals surface area contributed by atoms with Crippen molar-refractivity contribution in [2.45, 2.75) is 44.8 Å². The van der Waals surface area contributed by atoms with Crippen LogP contribution in [0.15, 0.2) is 29.1 Å². The maximum Gasteiger partial charge on any atom is 0.328 e. The number of piperidine rings is 1. The lowest BCUT2D eigenvalue weighted by Gasteiger charge is -2.34. The number of pyridine rings is 1. The van der Waals surface area contributed by atoms with E-state index in [0.717, 1.165) is 18.9 Å². The third kappa shape index (κ3) is 5.22. The number of carbonyl (C=O) groups excluding carboxylic acids is 2. The Hall–Kier alpha value is -3.27. The van der Waals surface area contributed by atoms with Gasteiger partial charge in [0, 0.05) is 57.0 Å². The van der Waals surface area contributed by atoms with Crippen LogP contribution in [0.5, 0.6) is 5.75 Å². The highest BCUT2D eigenvalue weighted by Gasteiger charge is 2.36. The summed E-state index contributed by atoms with van der Waals surface area (Å²) in [4.78, 5) is 42.5. The van der Waals surface area contributed by atoms with E-state index in [1.807, 2.05) is 4.90 Å². The molecule has 10 heteroatoms. The largest absolute Gasteiger partial charge is 0.496 e. The average Bonchev–Trinajstić information content (AvgIpc) is 3.05. The Morgan fingerprint density at radius 2 is 1.74 bits per heavy atom. The van der Waals surface area contributed by atoms with E-state index in [2.05, 4.69) is 0 Å². The maximum absolute atomic E-state index is 13.8. The van der Waals surface area contributed by atoms with Gasteiger partial charge in [-0.15, -0.1) is 0 Å². The zero-order valence-corrected chi connectivity index (χ0v) is 19.9. The van der Waals surface area contributed by atoms with Crippen LogP contribution in [0.25, 0.3) is 0 Å². The van der Waals surface area contributed by atoms with Crippen molar-refractivity contribution < 1.29 is 27.8 Å². The van der Waals surface area contributed by atoms with E-state index in [4.69, 9.17) is 9.47 Å². The molecule has 3 heterocycles. The molecule has 0 aliphatic carbocycles. The molecule has 4 rings (SSSR count). The SMILES string of the molecule is COC(=O)C1CCCCN1C(=O)c1c(OC)cc(=O)n2c1CCN(Cc1cc(F)cc(F)c1)CC2. The van der Waals surface area contributed by atoms with Crippen molar-refractivity contribution in [2.75, 3.05) is 33.9 Å². The molecule has 1 amide bonds. The quantitative estimate of drug-likeness (QED) is 0.600. The van der Waals surface area contributed by atoms with Crippen molar-refractivity contribution >= 4 is 11.9 Å². The van der Waals surface area contributed by atoms with Crippen LogP contribution < -0.4 is 10.3 Å². The number of esters is 1. The summed E-state index contributed by atoms with van der Waals surface area (Å²) < 4.78 is 39.2. The summed E-state index contributed by atoms with van der Waals surface area (Å²) in [6.07, 6.45) is 2.42. The number of likely N-dealkylation sites (tertiary alicyclic amines) is 1. The lowest BCUT2D eigenvalue weighted by molar-refractivity contribution is -0.147. The Labute approximate surface area is 202 Å². The van der Waals surface area contributed by atoms with Crippen molar-refractivity contribution in [3.05, 3.63) is 63.1 Å². The molecular formula is C25H29F2N3O5. The van der Waals surface area contributed by atoms with Gasteiger partial charge in [0.05, 0.1) is 14.2 Å². The van der Waals surface area contributed by atoms with Gasteiger partial charge in [-0.05, 0) is 37.0 Å². The Morgan fingerprint density at radius 1 is 1.00 bits per heavy atom. The number of rotatable bonds is 5. The number of nitrogens with zero attached hydrogens (tertiary/aromatic N) is 3. The molecule has 1 unspecified atom stereocenters. The lowest BCUT2D eigenvalue weighted by Crippen LogP contribution is -2.49. The summed E-state index contributed by atoms with van der Waals surface area (Å²) in [7, 11) is 2.70. The second-order valence-corrected chi connectivity index (χ2v) is 8.86. The summed E-state index contributed by atoms with van der Waals surface area (Å²) in [5.41, 5.74) is 0.988. The molecule has 8 nitrogen and oxygen atoms in total. The molecule has 2 aliphatic rings. The second kappa shape index (κ2) is 10.6. The van der Waals surface area contributed by atoms with E-state index in [1.54, 1.807) is 4.57 Å². The fourth-order valence-electron chi connectivity index (χ4n) is 5.00. The molecule has 35 heavy (non-hydrogen) atoms. The fraction of sp³-hybridized carbons (Fsp3) is 0.480. The molecule has 188 valence electrons. The molecule has 1 atom stereocenters. The molecule has 1 saturated heterocycles. The number of aromatic nitrogens is 1. The number of ether oxygens (including phenoxy) is 2. The number of fused-ring (bicyclic) bond motifs is 1. The molecular weight excluding hydrogens is 460 g/mol. The van der Waals surface area contributed by atoms with Crippen LogP contribution in [0.3, 0.4) is 0 Å². The number of hydrogen-bond acceptors (Lipinski definition) is 6. The van der Waals surface area contributed by atoms with Crippen LogP contribution in [0.2, 0.25) is 0 Å². The first-order chi connectivity index (χ1) is 16.8. The number of hydrogen-bond donors (Lipinski definition) is 0. The summed E-state index contributed by atoms with van der Waals surface area (Å²) in [5.74, 6) is -1.96. The van der Waals surface area contributed by atoms with Gasteiger partial charge >= 0.3 is 5.97 Å². The number of methoxy groups -OCH3 is 2. The molecule has 0 spiro atoms. The zero-order chi connectivity index (χ0) is 25.1. The van der Waals surface area contributed by atoms with Crippen molar-refractivity contribution in [1.29, 1.82) is 0 Å².